The molecule has 0 bridgehead atoms. The van der Waals surface area contributed by atoms with E-state index in [1.54, 1.807) is 18.2 Å². The number of benzene rings is 2. The summed E-state index contributed by atoms with van der Waals surface area (Å²) in [7, 11) is 0. The quantitative estimate of drug-likeness (QED) is 0.458. The number of aromatic nitrogens is 1. The van der Waals surface area contributed by atoms with Gasteiger partial charge in [0, 0.05) is 27.6 Å². The molecule has 1 heterocycles. The summed E-state index contributed by atoms with van der Waals surface area (Å²) >= 11 is 2.11. The molecule has 0 atom stereocenters. The Hall–Kier alpha value is -1.93. The summed E-state index contributed by atoms with van der Waals surface area (Å²) in [6.07, 6.45) is 0. The summed E-state index contributed by atoms with van der Waals surface area (Å²) in [6.45, 7) is 0.762. The number of rotatable bonds is 3. The Bertz CT molecular complexity index is 934. The third kappa shape index (κ3) is 2.48. The minimum absolute atomic E-state index is 0.0674. The van der Waals surface area contributed by atoms with Gasteiger partial charge in [0.1, 0.15) is 0 Å². The number of carbonyl (C=O) groups excluding carboxylic acids is 1. The zero-order valence-electron chi connectivity index (χ0n) is 11.7. The SMILES string of the molecule is NCCNC(=O)c1ccc(I)c2c(=O)c3ccccc3[nH]c12. The second-order valence-corrected chi connectivity index (χ2v) is 6.05. The molecule has 112 valence electrons. The van der Waals surface area contributed by atoms with Crippen molar-refractivity contribution in [3.8, 4) is 0 Å². The van der Waals surface area contributed by atoms with Crippen LogP contribution in [0, 0.1) is 3.57 Å². The zero-order valence-corrected chi connectivity index (χ0v) is 13.8. The molecule has 1 amide bonds. The fourth-order valence-corrected chi connectivity index (χ4v) is 3.15. The molecule has 3 rings (SSSR count). The highest BCUT2D eigenvalue weighted by molar-refractivity contribution is 14.1. The summed E-state index contributed by atoms with van der Waals surface area (Å²) in [5, 5.41) is 3.90. The number of nitrogens with two attached hydrogens (primary N) is 1. The number of aromatic amines is 1. The van der Waals surface area contributed by atoms with Crippen molar-refractivity contribution in [3.63, 3.8) is 0 Å². The first-order chi connectivity index (χ1) is 10.6. The molecule has 6 heteroatoms. The van der Waals surface area contributed by atoms with E-state index in [2.05, 4.69) is 32.9 Å². The lowest BCUT2D eigenvalue weighted by Gasteiger charge is -2.10. The predicted octanol–water partition coefficient (Wildman–Crippen LogP) is 1.97. The van der Waals surface area contributed by atoms with Gasteiger partial charge in [0.25, 0.3) is 5.91 Å². The molecule has 0 spiro atoms. The number of nitrogens with one attached hydrogen (secondary N) is 2. The molecule has 0 radical (unpaired) electrons. The monoisotopic (exact) mass is 407 g/mol. The van der Waals surface area contributed by atoms with Crippen LogP contribution in [-0.2, 0) is 0 Å². The smallest absolute Gasteiger partial charge is 0.253 e. The zero-order chi connectivity index (χ0) is 15.7. The number of fused-ring (bicyclic) bond motifs is 2. The van der Waals surface area contributed by atoms with Gasteiger partial charge >= 0.3 is 0 Å². The predicted molar refractivity (Wildman–Crippen MR) is 96.2 cm³/mol. The van der Waals surface area contributed by atoms with Gasteiger partial charge in [0.05, 0.1) is 16.5 Å². The summed E-state index contributed by atoms with van der Waals surface area (Å²) in [4.78, 5) is 28.2. The van der Waals surface area contributed by atoms with Crippen LogP contribution in [-0.4, -0.2) is 24.0 Å². The van der Waals surface area contributed by atoms with Crippen molar-refractivity contribution >= 4 is 50.3 Å². The van der Waals surface area contributed by atoms with Crippen molar-refractivity contribution in [2.24, 2.45) is 5.73 Å². The van der Waals surface area contributed by atoms with Crippen LogP contribution in [0.15, 0.2) is 41.2 Å². The number of halogens is 1. The van der Waals surface area contributed by atoms with E-state index in [1.165, 1.54) is 0 Å². The van der Waals surface area contributed by atoms with Gasteiger partial charge in [-0.25, -0.2) is 0 Å². The fraction of sp³-hybridized carbons (Fsp3) is 0.125. The highest BCUT2D eigenvalue weighted by Crippen LogP contribution is 2.23. The summed E-state index contributed by atoms with van der Waals surface area (Å²) in [5.74, 6) is -0.238. The van der Waals surface area contributed by atoms with Gasteiger partial charge in [-0.15, -0.1) is 0 Å². The first-order valence-electron chi connectivity index (χ1n) is 6.85. The maximum atomic E-state index is 12.7. The molecule has 0 fully saturated rings. The third-order valence-corrected chi connectivity index (χ3v) is 4.39. The van der Waals surface area contributed by atoms with Crippen molar-refractivity contribution < 1.29 is 4.79 Å². The van der Waals surface area contributed by atoms with Crippen LogP contribution in [0.2, 0.25) is 0 Å². The largest absolute Gasteiger partial charge is 0.354 e. The molecule has 0 aliphatic rings. The molecule has 5 nitrogen and oxygen atoms in total. The van der Waals surface area contributed by atoms with E-state index in [0.29, 0.717) is 34.9 Å². The molecular weight excluding hydrogens is 393 g/mol. The van der Waals surface area contributed by atoms with Crippen molar-refractivity contribution in [2.75, 3.05) is 13.1 Å². The van der Waals surface area contributed by atoms with E-state index in [-0.39, 0.29) is 11.3 Å². The molecule has 0 unspecified atom stereocenters. The van der Waals surface area contributed by atoms with Crippen molar-refractivity contribution in [1.29, 1.82) is 0 Å². The molecule has 2 aromatic carbocycles. The standard InChI is InChI=1S/C16H14IN3O2/c17-11-6-5-10(16(22)19-8-7-18)14-13(11)15(21)9-3-1-2-4-12(9)20-14/h1-6H,7-8,18H2,(H,19,22)(H,20,21). The average Bonchev–Trinajstić information content (AvgIpc) is 2.53. The van der Waals surface area contributed by atoms with Crippen LogP contribution in [0.5, 0.6) is 0 Å². The Kier molecular flexibility index (Phi) is 4.12. The van der Waals surface area contributed by atoms with Gasteiger partial charge in [-0.1, -0.05) is 12.1 Å². The van der Waals surface area contributed by atoms with E-state index in [9.17, 15) is 9.59 Å². The van der Waals surface area contributed by atoms with Gasteiger partial charge in [-0.2, -0.15) is 0 Å². The second kappa shape index (κ2) is 6.05. The number of pyridine rings is 1. The van der Waals surface area contributed by atoms with Crippen LogP contribution in [0.4, 0.5) is 0 Å². The van der Waals surface area contributed by atoms with E-state index >= 15 is 0 Å². The van der Waals surface area contributed by atoms with Gasteiger partial charge in [-0.05, 0) is 46.9 Å². The van der Waals surface area contributed by atoms with E-state index in [4.69, 9.17) is 5.73 Å². The third-order valence-electron chi connectivity index (χ3n) is 3.49. The van der Waals surface area contributed by atoms with Crippen LogP contribution in [0.1, 0.15) is 10.4 Å². The van der Waals surface area contributed by atoms with Crippen molar-refractivity contribution in [2.45, 2.75) is 0 Å². The van der Waals surface area contributed by atoms with Gasteiger partial charge in [0.15, 0.2) is 5.43 Å². The van der Waals surface area contributed by atoms with Crippen molar-refractivity contribution in [1.82, 2.24) is 10.3 Å². The summed E-state index contributed by atoms with van der Waals surface area (Å²) in [5.41, 5.74) is 7.08. The second-order valence-electron chi connectivity index (χ2n) is 4.89. The Morgan fingerprint density at radius 3 is 2.77 bits per heavy atom. The van der Waals surface area contributed by atoms with E-state index in [0.717, 1.165) is 9.09 Å². The highest BCUT2D eigenvalue weighted by atomic mass is 127. The maximum Gasteiger partial charge on any atom is 0.253 e. The van der Waals surface area contributed by atoms with Gasteiger partial charge in [0.2, 0.25) is 0 Å². The Labute approximate surface area is 140 Å². The molecule has 0 aliphatic heterocycles. The van der Waals surface area contributed by atoms with Crippen molar-refractivity contribution in [3.05, 3.63) is 55.8 Å². The van der Waals surface area contributed by atoms with Crippen LogP contribution in [0.25, 0.3) is 21.8 Å². The lowest BCUT2D eigenvalue weighted by Crippen LogP contribution is -2.29. The number of carbonyl (C=O) groups is 1. The summed E-state index contributed by atoms with van der Waals surface area (Å²) < 4.78 is 0.815. The Morgan fingerprint density at radius 2 is 2.00 bits per heavy atom. The summed E-state index contributed by atoms with van der Waals surface area (Å²) in [6, 6.07) is 10.8. The molecule has 22 heavy (non-hydrogen) atoms. The van der Waals surface area contributed by atoms with E-state index < -0.39 is 0 Å². The Morgan fingerprint density at radius 1 is 1.23 bits per heavy atom. The normalized spacial score (nSPS) is 11.0. The first-order valence-corrected chi connectivity index (χ1v) is 7.93. The minimum Gasteiger partial charge on any atom is -0.354 e. The molecule has 4 N–H and O–H groups in total. The van der Waals surface area contributed by atoms with Crippen LogP contribution >= 0.6 is 22.6 Å². The molecular formula is C16H14IN3O2. The lowest BCUT2D eigenvalue weighted by atomic mass is 10.1. The van der Waals surface area contributed by atoms with Crippen LogP contribution in [0.3, 0.4) is 0 Å². The average molecular weight is 407 g/mol. The molecule has 3 aromatic rings. The number of para-hydroxylation sites is 1. The van der Waals surface area contributed by atoms with Gasteiger partial charge < -0.3 is 16.0 Å². The number of hydrogen-bond donors (Lipinski definition) is 3. The molecule has 1 aromatic heterocycles. The minimum atomic E-state index is -0.238. The van der Waals surface area contributed by atoms with E-state index in [1.807, 2.05) is 18.2 Å². The number of hydrogen-bond acceptors (Lipinski definition) is 3. The fourth-order valence-electron chi connectivity index (χ4n) is 2.46. The lowest BCUT2D eigenvalue weighted by molar-refractivity contribution is 0.0956. The van der Waals surface area contributed by atoms with Gasteiger partial charge in [-0.3, -0.25) is 9.59 Å². The molecule has 0 saturated heterocycles. The Balaban J connectivity index is 2.34. The number of H-pyrrole nitrogens is 1. The van der Waals surface area contributed by atoms with Crippen LogP contribution < -0.4 is 16.5 Å². The molecule has 0 saturated carbocycles. The topological polar surface area (TPSA) is 88.0 Å². The number of amides is 1. The highest BCUT2D eigenvalue weighted by Gasteiger charge is 2.15. The first kappa shape index (κ1) is 15.0. The maximum absolute atomic E-state index is 12.7. The molecule has 0 aliphatic carbocycles.